The van der Waals surface area contributed by atoms with Gasteiger partial charge in [-0.2, -0.15) is 13.2 Å². The average Bonchev–Trinajstić information content (AvgIpc) is 2.96. The predicted molar refractivity (Wildman–Crippen MR) is 138 cm³/mol. The van der Waals surface area contributed by atoms with Crippen LogP contribution in [0.2, 0.25) is 0 Å². The molecule has 0 saturated carbocycles. The number of alkyl halides is 3. The molecule has 1 amide bonds. The summed E-state index contributed by atoms with van der Waals surface area (Å²) in [6, 6.07) is 13.4. The van der Waals surface area contributed by atoms with Gasteiger partial charge in [0.05, 0.1) is 31.5 Å². The van der Waals surface area contributed by atoms with Gasteiger partial charge >= 0.3 is 6.18 Å². The van der Waals surface area contributed by atoms with E-state index in [1.807, 2.05) is 0 Å². The zero-order valence-corrected chi connectivity index (χ0v) is 21.8. The van der Waals surface area contributed by atoms with Gasteiger partial charge in [-0.05, 0) is 36.4 Å². The van der Waals surface area contributed by atoms with Crippen LogP contribution in [0, 0.1) is 0 Å². The number of fused-ring (bicyclic) bond motifs is 1. The highest BCUT2D eigenvalue weighted by Gasteiger charge is 2.38. The summed E-state index contributed by atoms with van der Waals surface area (Å²) in [4.78, 5) is 36.4. The number of methoxy groups -OCH3 is 1. The predicted octanol–water partition coefficient (Wildman–Crippen LogP) is 3.17. The maximum atomic E-state index is 13.6. The van der Waals surface area contributed by atoms with Gasteiger partial charge in [0.25, 0.3) is 11.5 Å². The summed E-state index contributed by atoms with van der Waals surface area (Å²) in [7, 11) is -2.81. The van der Waals surface area contributed by atoms with Gasteiger partial charge in [0.1, 0.15) is 11.3 Å². The first-order chi connectivity index (χ1) is 19.0. The monoisotopic (exact) mass is 573 g/mol. The van der Waals surface area contributed by atoms with Gasteiger partial charge < -0.3 is 14.2 Å². The lowest BCUT2D eigenvalue weighted by atomic mass is 10.2. The van der Waals surface area contributed by atoms with Crippen molar-refractivity contribution >= 4 is 27.5 Å². The fourth-order valence-corrected chi connectivity index (χ4v) is 5.93. The number of para-hydroxylation sites is 2. The lowest BCUT2D eigenvalue weighted by Gasteiger charge is -2.35. The largest absolute Gasteiger partial charge is 0.593 e. The molecule has 0 radical (unpaired) electrons. The second kappa shape index (κ2) is 10.4. The SMILES string of the molecule is COc1ccccc1-n1c(=O)c(C(=O)N2CCN([S+](=O)([O-])c3cccc(C(F)(F)F)c3)CC2)nc2cccnc21. The number of pyridine rings is 1. The van der Waals surface area contributed by atoms with Crippen molar-refractivity contribution < 1.29 is 31.5 Å². The number of rotatable bonds is 5. The topological polar surface area (TPSA) is 121 Å². The molecule has 0 bridgehead atoms. The van der Waals surface area contributed by atoms with Crippen LogP contribution in [0.4, 0.5) is 13.2 Å². The number of aromatic nitrogens is 3. The fourth-order valence-electron chi connectivity index (χ4n) is 4.46. The fraction of sp³-hybridized carbons (Fsp3) is 0.231. The molecule has 1 aliphatic rings. The molecule has 2 aromatic heterocycles. The number of hydrogen-bond acceptors (Lipinski definition) is 7. The molecule has 14 heteroatoms. The van der Waals surface area contributed by atoms with Crippen molar-refractivity contribution in [1.82, 2.24) is 23.7 Å². The van der Waals surface area contributed by atoms with E-state index in [0.717, 1.165) is 22.5 Å². The zero-order chi connectivity index (χ0) is 28.7. The Morgan fingerprint density at radius 3 is 2.45 bits per heavy atom. The molecule has 2 aromatic carbocycles. The number of hydrogen-bond donors (Lipinski definition) is 0. The third-order valence-electron chi connectivity index (χ3n) is 6.47. The van der Waals surface area contributed by atoms with Crippen molar-refractivity contribution in [2.24, 2.45) is 0 Å². The standard InChI is InChI=1S/C26H22F3N5O5S/c1-39-21-10-3-2-9-20(21)34-23-19(8-5-11-30-23)31-22(25(34)36)24(35)32-12-14-33(15-13-32)40(37,38)18-7-4-6-17(16-18)26(27,28)29/h2-11,16H,12-15H2,1H3. The van der Waals surface area contributed by atoms with Gasteiger partial charge in [0, 0.05) is 25.4 Å². The number of benzene rings is 2. The van der Waals surface area contributed by atoms with E-state index in [1.165, 1.54) is 22.8 Å². The van der Waals surface area contributed by atoms with Crippen LogP contribution in [0.25, 0.3) is 16.9 Å². The molecule has 3 heterocycles. The summed E-state index contributed by atoms with van der Waals surface area (Å²) in [6.45, 7) is -0.559. The van der Waals surface area contributed by atoms with E-state index in [0.29, 0.717) is 17.5 Å². The van der Waals surface area contributed by atoms with Crippen LogP contribution < -0.4 is 10.3 Å². The highest BCUT2D eigenvalue weighted by atomic mass is 32.3. The van der Waals surface area contributed by atoms with Crippen molar-refractivity contribution in [2.75, 3.05) is 33.3 Å². The van der Waals surface area contributed by atoms with E-state index in [4.69, 9.17) is 4.74 Å². The van der Waals surface area contributed by atoms with Crippen LogP contribution in [-0.2, 0) is 20.8 Å². The van der Waals surface area contributed by atoms with E-state index >= 15 is 0 Å². The minimum absolute atomic E-state index is 0.0993. The molecule has 40 heavy (non-hydrogen) atoms. The number of amides is 1. The minimum Gasteiger partial charge on any atom is -0.593 e. The van der Waals surface area contributed by atoms with Gasteiger partial charge in [0.2, 0.25) is 0 Å². The van der Waals surface area contributed by atoms with Crippen LogP contribution in [0.5, 0.6) is 5.75 Å². The van der Waals surface area contributed by atoms with Crippen molar-refractivity contribution in [2.45, 2.75) is 11.1 Å². The van der Waals surface area contributed by atoms with Crippen LogP contribution in [0.1, 0.15) is 16.1 Å². The van der Waals surface area contributed by atoms with Gasteiger partial charge in [0.15, 0.2) is 26.6 Å². The number of halogens is 3. The average molecular weight is 574 g/mol. The summed E-state index contributed by atoms with van der Waals surface area (Å²) < 4.78 is 73.1. The Morgan fingerprint density at radius 1 is 1.02 bits per heavy atom. The highest BCUT2D eigenvalue weighted by molar-refractivity contribution is 7.95. The van der Waals surface area contributed by atoms with Crippen molar-refractivity contribution in [3.05, 3.63) is 88.5 Å². The number of carbonyl (C=O) groups excluding carboxylic acids is 1. The number of nitrogens with zero attached hydrogens (tertiary/aromatic N) is 5. The third-order valence-corrected chi connectivity index (χ3v) is 8.36. The maximum absolute atomic E-state index is 13.6. The highest BCUT2D eigenvalue weighted by Crippen LogP contribution is 2.32. The van der Waals surface area contributed by atoms with Crippen molar-refractivity contribution in [3.63, 3.8) is 0 Å². The van der Waals surface area contributed by atoms with Crippen molar-refractivity contribution in [1.29, 1.82) is 0 Å². The molecular weight excluding hydrogens is 551 g/mol. The number of sulfonamides is 1. The molecule has 0 spiro atoms. The minimum atomic E-state index is -4.70. The molecule has 1 aliphatic heterocycles. The molecule has 208 valence electrons. The Balaban J connectivity index is 1.44. The van der Waals surface area contributed by atoms with Crippen molar-refractivity contribution in [3.8, 4) is 11.4 Å². The van der Waals surface area contributed by atoms with Crippen LogP contribution in [0.15, 0.2) is 76.6 Å². The molecule has 1 unspecified atom stereocenters. The lowest BCUT2D eigenvalue weighted by molar-refractivity contribution is -0.137. The van der Waals surface area contributed by atoms with Gasteiger partial charge in [-0.1, -0.05) is 22.4 Å². The normalized spacial score (nSPS) is 16.1. The Bertz CT molecular complexity index is 1700. The Kier molecular flexibility index (Phi) is 7.16. The first-order valence-corrected chi connectivity index (χ1v) is 13.4. The second-order valence-electron chi connectivity index (χ2n) is 8.84. The Hall–Kier alpha value is -4.14. The molecule has 1 fully saturated rings. The summed E-state index contributed by atoms with van der Waals surface area (Å²) in [5.74, 6) is -0.343. The molecule has 0 N–H and O–H groups in total. The first kappa shape index (κ1) is 27.4. The molecular formula is C26H22F3N5O5S. The van der Waals surface area contributed by atoms with Gasteiger partial charge in [-0.3, -0.25) is 14.2 Å². The summed E-state index contributed by atoms with van der Waals surface area (Å²) >= 11 is 0. The van der Waals surface area contributed by atoms with Crippen LogP contribution in [-0.4, -0.2) is 67.5 Å². The quantitative estimate of drug-likeness (QED) is 0.336. The van der Waals surface area contributed by atoms with Crippen LogP contribution in [0.3, 0.4) is 0 Å². The van der Waals surface area contributed by atoms with E-state index in [1.54, 1.807) is 36.4 Å². The summed E-state index contributed by atoms with van der Waals surface area (Å²) in [6.07, 6.45) is -3.21. The molecule has 10 nitrogen and oxygen atoms in total. The second-order valence-corrected chi connectivity index (χ2v) is 10.8. The maximum Gasteiger partial charge on any atom is 0.416 e. The first-order valence-electron chi connectivity index (χ1n) is 12.0. The zero-order valence-electron chi connectivity index (χ0n) is 21.0. The summed E-state index contributed by atoms with van der Waals surface area (Å²) in [5, 5.41) is 0. The van der Waals surface area contributed by atoms with E-state index in [9.17, 15) is 31.5 Å². The van der Waals surface area contributed by atoms with E-state index < -0.39 is 38.5 Å². The molecule has 4 aromatic rings. The Labute approximate surface area is 227 Å². The number of ether oxygens (including phenoxy) is 1. The number of carbonyl (C=O) groups is 1. The van der Waals surface area contributed by atoms with Crippen LogP contribution >= 0.6 is 0 Å². The van der Waals surface area contributed by atoms with Gasteiger partial charge in [-0.25, -0.2) is 9.97 Å². The van der Waals surface area contributed by atoms with Gasteiger partial charge in [-0.15, -0.1) is 4.31 Å². The van der Waals surface area contributed by atoms with E-state index in [-0.39, 0.29) is 43.0 Å². The molecule has 5 rings (SSSR count). The number of piperazine rings is 1. The third kappa shape index (κ3) is 4.96. The lowest BCUT2D eigenvalue weighted by Crippen LogP contribution is -2.53. The molecule has 0 aliphatic carbocycles. The summed E-state index contributed by atoms with van der Waals surface area (Å²) in [5.41, 5.74) is -1.36. The Morgan fingerprint density at radius 2 is 1.75 bits per heavy atom. The molecule has 1 atom stereocenters. The van der Waals surface area contributed by atoms with E-state index in [2.05, 4.69) is 9.97 Å². The molecule has 1 saturated heterocycles. The smallest absolute Gasteiger partial charge is 0.416 e.